The number of benzene rings is 1. The average Bonchev–Trinajstić information content (AvgIpc) is 2.21. The van der Waals surface area contributed by atoms with E-state index in [4.69, 9.17) is 5.11 Å². The number of unbranched alkanes of at least 4 members (excludes halogenated alkanes) is 3. The molecule has 0 saturated carbocycles. The summed E-state index contributed by atoms with van der Waals surface area (Å²) in [6.45, 7) is 0. The first kappa shape index (κ1) is 11.8. The van der Waals surface area contributed by atoms with Crippen molar-refractivity contribution in [1.82, 2.24) is 0 Å². The number of phenols is 1. The lowest BCUT2D eigenvalue weighted by atomic mass is 10.1. The summed E-state index contributed by atoms with van der Waals surface area (Å²) in [6, 6.07) is 7.54. The van der Waals surface area contributed by atoms with Crippen molar-refractivity contribution in [3.05, 3.63) is 29.8 Å². The van der Waals surface area contributed by atoms with Crippen molar-refractivity contribution in [2.45, 2.75) is 32.1 Å². The van der Waals surface area contributed by atoms with Crippen LogP contribution in [0, 0.1) is 0 Å². The van der Waals surface area contributed by atoms with Crippen LogP contribution in [0.4, 0.5) is 0 Å². The van der Waals surface area contributed by atoms with Gasteiger partial charge in [0.2, 0.25) is 0 Å². The van der Waals surface area contributed by atoms with Gasteiger partial charge in [0, 0.05) is 0 Å². The molecule has 1 aromatic carbocycles. The van der Waals surface area contributed by atoms with E-state index in [9.17, 15) is 0 Å². The zero-order valence-corrected chi connectivity index (χ0v) is 10.5. The Hall–Kier alpha value is -0.250. The van der Waals surface area contributed by atoms with Crippen molar-refractivity contribution in [2.75, 3.05) is 4.43 Å². The molecule has 0 heterocycles. The molecule has 0 bridgehead atoms. The van der Waals surface area contributed by atoms with E-state index in [1.807, 2.05) is 12.1 Å². The topological polar surface area (TPSA) is 20.2 Å². The molecule has 0 amide bonds. The minimum absolute atomic E-state index is 0.360. The number of phenolic OH excluding ortho intramolecular Hbond substituents is 1. The third kappa shape index (κ3) is 4.84. The van der Waals surface area contributed by atoms with Gasteiger partial charge < -0.3 is 5.11 Å². The first-order chi connectivity index (χ1) is 6.83. The van der Waals surface area contributed by atoms with Crippen LogP contribution in [0.1, 0.15) is 31.2 Å². The Balaban J connectivity index is 2.15. The lowest BCUT2D eigenvalue weighted by Crippen LogP contribution is -1.85. The standard InChI is InChI=1S/C12H17IO/c13-10-4-2-1-3-5-11-6-8-12(14)9-7-11/h6-9,14H,1-5,10H2. The molecule has 1 nitrogen and oxygen atoms in total. The van der Waals surface area contributed by atoms with Crippen LogP contribution in [0.15, 0.2) is 24.3 Å². The molecular weight excluding hydrogens is 287 g/mol. The molecule has 0 aliphatic rings. The van der Waals surface area contributed by atoms with Gasteiger partial charge in [-0.25, -0.2) is 0 Å². The Kier molecular flexibility index (Phi) is 5.99. The van der Waals surface area contributed by atoms with Gasteiger partial charge in [-0.15, -0.1) is 0 Å². The molecule has 0 atom stereocenters. The van der Waals surface area contributed by atoms with Crippen LogP contribution in [0.2, 0.25) is 0 Å². The van der Waals surface area contributed by atoms with Gasteiger partial charge >= 0.3 is 0 Å². The molecule has 0 saturated heterocycles. The quantitative estimate of drug-likeness (QED) is 0.479. The van der Waals surface area contributed by atoms with Crippen molar-refractivity contribution in [2.24, 2.45) is 0 Å². The van der Waals surface area contributed by atoms with Crippen LogP contribution in [-0.4, -0.2) is 9.53 Å². The molecule has 0 aliphatic heterocycles. The zero-order chi connectivity index (χ0) is 10.2. The van der Waals surface area contributed by atoms with E-state index in [-0.39, 0.29) is 0 Å². The molecule has 0 fully saturated rings. The Labute approximate surface area is 99.7 Å². The van der Waals surface area contributed by atoms with E-state index >= 15 is 0 Å². The van der Waals surface area contributed by atoms with Crippen molar-refractivity contribution in [3.8, 4) is 5.75 Å². The Bertz CT molecular complexity index is 243. The molecule has 1 aromatic rings. The third-order valence-electron chi connectivity index (χ3n) is 2.29. The first-order valence-electron chi connectivity index (χ1n) is 5.17. The maximum absolute atomic E-state index is 9.10. The Morgan fingerprint density at radius 3 is 2.21 bits per heavy atom. The molecule has 78 valence electrons. The average molecular weight is 304 g/mol. The summed E-state index contributed by atoms with van der Waals surface area (Å²) in [6.07, 6.45) is 6.42. The smallest absolute Gasteiger partial charge is 0.115 e. The molecule has 0 aromatic heterocycles. The maximum Gasteiger partial charge on any atom is 0.115 e. The molecular formula is C12H17IO. The summed E-state index contributed by atoms with van der Waals surface area (Å²) >= 11 is 2.43. The summed E-state index contributed by atoms with van der Waals surface area (Å²) in [7, 11) is 0. The molecule has 0 radical (unpaired) electrons. The van der Waals surface area contributed by atoms with Crippen molar-refractivity contribution in [3.63, 3.8) is 0 Å². The second kappa shape index (κ2) is 7.10. The van der Waals surface area contributed by atoms with Crippen LogP contribution < -0.4 is 0 Å². The number of hydrogen-bond acceptors (Lipinski definition) is 1. The maximum atomic E-state index is 9.10. The molecule has 0 spiro atoms. The number of halogens is 1. The van der Waals surface area contributed by atoms with Gasteiger partial charge in [0.1, 0.15) is 5.75 Å². The van der Waals surface area contributed by atoms with E-state index in [2.05, 4.69) is 22.6 Å². The van der Waals surface area contributed by atoms with Gasteiger partial charge in [-0.1, -0.05) is 47.6 Å². The highest BCUT2D eigenvalue weighted by Gasteiger charge is 1.94. The van der Waals surface area contributed by atoms with E-state index in [1.54, 1.807) is 12.1 Å². The Morgan fingerprint density at radius 2 is 1.57 bits per heavy atom. The summed E-state index contributed by atoms with van der Waals surface area (Å²) in [5, 5.41) is 9.10. The highest BCUT2D eigenvalue weighted by atomic mass is 127. The van der Waals surface area contributed by atoms with Gasteiger partial charge in [0.15, 0.2) is 0 Å². The first-order valence-corrected chi connectivity index (χ1v) is 6.69. The van der Waals surface area contributed by atoms with Crippen LogP contribution in [0.5, 0.6) is 5.75 Å². The zero-order valence-electron chi connectivity index (χ0n) is 8.38. The fraction of sp³-hybridized carbons (Fsp3) is 0.500. The lowest BCUT2D eigenvalue weighted by Gasteiger charge is -2.01. The monoisotopic (exact) mass is 304 g/mol. The Morgan fingerprint density at radius 1 is 0.929 bits per heavy atom. The number of rotatable bonds is 6. The lowest BCUT2D eigenvalue weighted by molar-refractivity contribution is 0.475. The molecule has 0 unspecified atom stereocenters. The van der Waals surface area contributed by atoms with Crippen LogP contribution in [0.3, 0.4) is 0 Å². The van der Waals surface area contributed by atoms with Gasteiger partial charge in [0.05, 0.1) is 0 Å². The van der Waals surface area contributed by atoms with Gasteiger partial charge in [-0.2, -0.15) is 0 Å². The number of alkyl halides is 1. The van der Waals surface area contributed by atoms with Crippen molar-refractivity contribution in [1.29, 1.82) is 0 Å². The molecule has 1 rings (SSSR count). The predicted octanol–water partition coefficient (Wildman–Crippen LogP) is 3.93. The highest BCUT2D eigenvalue weighted by molar-refractivity contribution is 14.1. The van der Waals surface area contributed by atoms with E-state index < -0.39 is 0 Å². The summed E-state index contributed by atoms with van der Waals surface area (Å²) in [4.78, 5) is 0. The molecule has 1 N–H and O–H groups in total. The number of aromatic hydroxyl groups is 1. The normalized spacial score (nSPS) is 10.4. The number of aryl methyl sites for hydroxylation is 1. The van der Waals surface area contributed by atoms with Crippen molar-refractivity contribution < 1.29 is 5.11 Å². The van der Waals surface area contributed by atoms with E-state index in [1.165, 1.54) is 35.7 Å². The SMILES string of the molecule is Oc1ccc(CCCCCCI)cc1. The van der Waals surface area contributed by atoms with E-state index in [0.717, 1.165) is 6.42 Å². The van der Waals surface area contributed by atoms with Gasteiger partial charge in [0.25, 0.3) is 0 Å². The highest BCUT2D eigenvalue weighted by Crippen LogP contribution is 2.12. The minimum atomic E-state index is 0.360. The van der Waals surface area contributed by atoms with Crippen LogP contribution >= 0.6 is 22.6 Å². The third-order valence-corrected chi connectivity index (χ3v) is 3.05. The fourth-order valence-corrected chi connectivity index (χ4v) is 1.98. The van der Waals surface area contributed by atoms with Crippen LogP contribution in [-0.2, 0) is 6.42 Å². The molecule has 2 heteroatoms. The summed E-state index contributed by atoms with van der Waals surface area (Å²) < 4.78 is 1.27. The second-order valence-corrected chi connectivity index (χ2v) is 4.60. The van der Waals surface area contributed by atoms with Gasteiger partial charge in [-0.3, -0.25) is 0 Å². The molecule has 0 aliphatic carbocycles. The molecule has 14 heavy (non-hydrogen) atoms. The number of hydrogen-bond donors (Lipinski definition) is 1. The van der Waals surface area contributed by atoms with Gasteiger partial charge in [-0.05, 0) is 41.4 Å². The van der Waals surface area contributed by atoms with Crippen LogP contribution in [0.25, 0.3) is 0 Å². The predicted molar refractivity (Wildman–Crippen MR) is 69.2 cm³/mol. The summed E-state index contributed by atoms with van der Waals surface area (Å²) in [5.41, 5.74) is 1.33. The second-order valence-electron chi connectivity index (χ2n) is 3.52. The largest absolute Gasteiger partial charge is 0.508 e. The van der Waals surface area contributed by atoms with E-state index in [0.29, 0.717) is 5.75 Å². The minimum Gasteiger partial charge on any atom is -0.508 e. The fourth-order valence-electron chi connectivity index (χ4n) is 1.44. The summed E-state index contributed by atoms with van der Waals surface area (Å²) in [5.74, 6) is 0.360. The van der Waals surface area contributed by atoms with Crippen molar-refractivity contribution >= 4 is 22.6 Å².